The summed E-state index contributed by atoms with van der Waals surface area (Å²) in [5.41, 5.74) is 1.97. The molecule has 1 aliphatic rings. The molecule has 0 radical (unpaired) electrons. The Morgan fingerprint density at radius 1 is 1.32 bits per heavy atom. The van der Waals surface area contributed by atoms with E-state index >= 15 is 0 Å². The molecule has 0 spiro atoms. The molecule has 5 heteroatoms. The van der Waals surface area contributed by atoms with E-state index < -0.39 is 0 Å². The number of piperidine rings is 1. The van der Waals surface area contributed by atoms with Gasteiger partial charge in [-0.25, -0.2) is 9.59 Å². The normalized spacial score (nSPS) is 19.8. The Labute approximate surface area is 130 Å². The van der Waals surface area contributed by atoms with Gasteiger partial charge in [-0.05, 0) is 25.3 Å². The lowest BCUT2D eigenvalue weighted by atomic mass is 9.98. The summed E-state index contributed by atoms with van der Waals surface area (Å²) in [7, 11) is 1.36. The lowest BCUT2D eigenvalue weighted by Crippen LogP contribution is -2.43. The molecule has 1 fully saturated rings. The van der Waals surface area contributed by atoms with E-state index in [2.05, 4.69) is 4.74 Å². The molecule has 118 valence electrons. The van der Waals surface area contributed by atoms with Crippen LogP contribution < -0.4 is 0 Å². The molecule has 1 aromatic carbocycles. The number of esters is 1. The van der Waals surface area contributed by atoms with Crippen LogP contribution in [0.2, 0.25) is 0 Å². The lowest BCUT2D eigenvalue weighted by molar-refractivity contribution is -0.134. The molecule has 1 heterocycles. The summed E-state index contributed by atoms with van der Waals surface area (Å²) in [6.07, 6.45) is 2.53. The van der Waals surface area contributed by atoms with Gasteiger partial charge in [0.25, 0.3) is 0 Å². The second kappa shape index (κ2) is 7.64. The van der Waals surface area contributed by atoms with Crippen molar-refractivity contribution >= 4 is 12.1 Å². The number of nitrogens with zero attached hydrogens (tertiary/aromatic N) is 1. The summed E-state index contributed by atoms with van der Waals surface area (Å²) in [4.78, 5) is 25.1. The van der Waals surface area contributed by atoms with E-state index in [1.54, 1.807) is 4.90 Å². The van der Waals surface area contributed by atoms with Crippen LogP contribution in [0.25, 0.3) is 0 Å². The van der Waals surface area contributed by atoms with Crippen molar-refractivity contribution in [1.82, 2.24) is 4.90 Å². The summed E-state index contributed by atoms with van der Waals surface area (Å²) in [6.45, 7) is 2.78. The SMILES string of the molecule is COC(=O)/C=C1/CCN(C(=O)OCc2ccccc2)[C@H](C)C1. The van der Waals surface area contributed by atoms with Gasteiger partial charge in [-0.15, -0.1) is 0 Å². The molecule has 1 amide bonds. The van der Waals surface area contributed by atoms with E-state index in [-0.39, 0.29) is 24.7 Å². The summed E-state index contributed by atoms with van der Waals surface area (Å²) in [6, 6.07) is 9.60. The van der Waals surface area contributed by atoms with Crippen molar-refractivity contribution < 1.29 is 19.1 Å². The van der Waals surface area contributed by atoms with Gasteiger partial charge in [-0.1, -0.05) is 35.9 Å². The first kappa shape index (κ1) is 16.1. The second-order valence-electron chi connectivity index (χ2n) is 5.36. The Bertz CT molecular complexity index is 553. The van der Waals surface area contributed by atoms with Crippen molar-refractivity contribution in [2.24, 2.45) is 0 Å². The smallest absolute Gasteiger partial charge is 0.410 e. The van der Waals surface area contributed by atoms with Gasteiger partial charge >= 0.3 is 12.1 Å². The zero-order chi connectivity index (χ0) is 15.9. The van der Waals surface area contributed by atoms with Gasteiger partial charge in [0.15, 0.2) is 0 Å². The van der Waals surface area contributed by atoms with Gasteiger partial charge in [0.05, 0.1) is 7.11 Å². The number of hydrogen-bond donors (Lipinski definition) is 0. The molecule has 0 saturated carbocycles. The first-order chi connectivity index (χ1) is 10.6. The predicted octanol–water partition coefficient (Wildman–Crippen LogP) is 2.91. The first-order valence-corrected chi connectivity index (χ1v) is 7.35. The number of carbonyl (C=O) groups excluding carboxylic acids is 2. The molecule has 0 N–H and O–H groups in total. The number of amides is 1. The number of carbonyl (C=O) groups is 2. The Morgan fingerprint density at radius 3 is 2.68 bits per heavy atom. The molecule has 1 aliphatic heterocycles. The summed E-state index contributed by atoms with van der Waals surface area (Å²) in [5, 5.41) is 0. The molecule has 1 atom stereocenters. The molecule has 0 aromatic heterocycles. The van der Waals surface area contributed by atoms with Gasteiger partial charge in [-0.3, -0.25) is 0 Å². The fraction of sp³-hybridized carbons (Fsp3) is 0.412. The van der Waals surface area contributed by atoms with Crippen molar-refractivity contribution in [1.29, 1.82) is 0 Å². The highest BCUT2D eigenvalue weighted by atomic mass is 16.6. The average Bonchev–Trinajstić information content (AvgIpc) is 2.53. The molecule has 5 nitrogen and oxygen atoms in total. The topological polar surface area (TPSA) is 55.8 Å². The van der Waals surface area contributed by atoms with E-state index in [1.165, 1.54) is 13.2 Å². The van der Waals surface area contributed by atoms with Crippen molar-refractivity contribution in [3.05, 3.63) is 47.5 Å². The highest BCUT2D eigenvalue weighted by Gasteiger charge is 2.27. The maximum Gasteiger partial charge on any atom is 0.410 e. The molecule has 0 unspecified atom stereocenters. The van der Waals surface area contributed by atoms with Gasteiger partial charge in [0.1, 0.15) is 6.61 Å². The summed E-state index contributed by atoms with van der Waals surface area (Å²) < 4.78 is 9.98. The molecule has 0 bridgehead atoms. The molecule has 1 aromatic rings. The zero-order valence-corrected chi connectivity index (χ0v) is 13.0. The summed E-state index contributed by atoms with van der Waals surface area (Å²) >= 11 is 0. The third-order valence-electron chi connectivity index (χ3n) is 3.73. The number of hydrogen-bond acceptors (Lipinski definition) is 4. The highest BCUT2D eigenvalue weighted by Crippen LogP contribution is 2.23. The van der Waals surface area contributed by atoms with E-state index in [0.717, 1.165) is 11.1 Å². The number of rotatable bonds is 3. The van der Waals surface area contributed by atoms with Crippen molar-refractivity contribution in [2.75, 3.05) is 13.7 Å². The van der Waals surface area contributed by atoms with Crippen LogP contribution in [0.5, 0.6) is 0 Å². The maximum atomic E-state index is 12.2. The van der Waals surface area contributed by atoms with Crippen LogP contribution in [0, 0.1) is 0 Å². The van der Waals surface area contributed by atoms with E-state index in [4.69, 9.17) is 4.74 Å². The van der Waals surface area contributed by atoms with Crippen LogP contribution in [0.3, 0.4) is 0 Å². The van der Waals surface area contributed by atoms with Crippen LogP contribution in [0.1, 0.15) is 25.3 Å². The number of methoxy groups -OCH3 is 1. The minimum atomic E-state index is -0.345. The predicted molar refractivity (Wildman–Crippen MR) is 82.1 cm³/mol. The van der Waals surface area contributed by atoms with E-state index in [1.807, 2.05) is 37.3 Å². The van der Waals surface area contributed by atoms with Crippen LogP contribution in [-0.2, 0) is 20.9 Å². The standard InChI is InChI=1S/C17H21NO4/c1-13-10-15(11-16(19)21-2)8-9-18(13)17(20)22-12-14-6-4-3-5-7-14/h3-7,11,13H,8-10,12H2,1-2H3/b15-11-/t13-/m1/s1. The molecular formula is C17H21NO4. The number of benzene rings is 1. The third kappa shape index (κ3) is 4.35. The quantitative estimate of drug-likeness (QED) is 0.636. The Balaban J connectivity index is 1.87. The van der Waals surface area contributed by atoms with Crippen molar-refractivity contribution in [3.8, 4) is 0 Å². The monoisotopic (exact) mass is 303 g/mol. The molecule has 1 saturated heterocycles. The first-order valence-electron chi connectivity index (χ1n) is 7.35. The highest BCUT2D eigenvalue weighted by molar-refractivity contribution is 5.82. The van der Waals surface area contributed by atoms with Crippen LogP contribution in [0.4, 0.5) is 4.79 Å². The number of likely N-dealkylation sites (tertiary alicyclic amines) is 1. The Hall–Kier alpha value is -2.30. The summed E-state index contributed by atoms with van der Waals surface area (Å²) in [5.74, 6) is -0.345. The largest absolute Gasteiger partial charge is 0.466 e. The maximum absolute atomic E-state index is 12.2. The molecular weight excluding hydrogens is 282 g/mol. The fourth-order valence-corrected chi connectivity index (χ4v) is 2.51. The molecule has 2 rings (SSSR count). The Kier molecular flexibility index (Phi) is 5.58. The fourth-order valence-electron chi connectivity index (χ4n) is 2.51. The minimum absolute atomic E-state index is 0.00734. The van der Waals surface area contributed by atoms with Crippen LogP contribution in [0.15, 0.2) is 42.0 Å². The van der Waals surface area contributed by atoms with Gasteiger partial charge in [-0.2, -0.15) is 0 Å². The lowest BCUT2D eigenvalue weighted by Gasteiger charge is -2.33. The third-order valence-corrected chi connectivity index (χ3v) is 3.73. The molecule has 0 aliphatic carbocycles. The van der Waals surface area contributed by atoms with Crippen molar-refractivity contribution in [2.45, 2.75) is 32.4 Å². The second-order valence-corrected chi connectivity index (χ2v) is 5.36. The van der Waals surface area contributed by atoms with E-state index in [9.17, 15) is 9.59 Å². The van der Waals surface area contributed by atoms with Crippen molar-refractivity contribution in [3.63, 3.8) is 0 Å². The zero-order valence-electron chi connectivity index (χ0n) is 13.0. The van der Waals surface area contributed by atoms with E-state index in [0.29, 0.717) is 19.4 Å². The minimum Gasteiger partial charge on any atom is -0.466 e. The Morgan fingerprint density at radius 2 is 2.05 bits per heavy atom. The van der Waals surface area contributed by atoms with Gasteiger partial charge in [0.2, 0.25) is 0 Å². The molecule has 22 heavy (non-hydrogen) atoms. The van der Waals surface area contributed by atoms with Gasteiger partial charge in [0, 0.05) is 18.7 Å². The van der Waals surface area contributed by atoms with Crippen LogP contribution in [-0.4, -0.2) is 36.7 Å². The average molecular weight is 303 g/mol. The number of ether oxygens (including phenoxy) is 2. The van der Waals surface area contributed by atoms with Gasteiger partial charge < -0.3 is 14.4 Å². The van der Waals surface area contributed by atoms with Crippen LogP contribution >= 0.6 is 0 Å².